The van der Waals surface area contributed by atoms with Gasteiger partial charge in [-0.3, -0.25) is 0 Å². The lowest BCUT2D eigenvalue weighted by atomic mass is 10.4. The molecule has 66 valence electrons. The molecule has 0 aliphatic carbocycles. The molecule has 11 heavy (non-hydrogen) atoms. The van der Waals surface area contributed by atoms with Crippen LogP contribution in [0.1, 0.15) is 0 Å². The molecule has 0 aliphatic rings. The lowest BCUT2D eigenvalue weighted by molar-refractivity contribution is 0.0517. The van der Waals surface area contributed by atoms with Crippen LogP contribution < -0.4 is 5.73 Å². The zero-order valence-electron chi connectivity index (χ0n) is 6.37. The molecule has 0 amide bonds. The molecule has 0 aliphatic heterocycles. The highest BCUT2D eigenvalue weighted by Gasteiger charge is 1.99. The highest BCUT2D eigenvalue weighted by atomic mass is 35.5. The molecule has 0 heterocycles. The van der Waals surface area contributed by atoms with Crippen molar-refractivity contribution < 1.29 is 9.84 Å². The maximum absolute atomic E-state index is 8.79. The Labute approximate surface area is 72.5 Å². The van der Waals surface area contributed by atoms with Crippen molar-refractivity contribution >= 4 is 11.6 Å². The largest absolute Gasteiger partial charge is 0.389 e. The minimum Gasteiger partial charge on any atom is -0.389 e. The molecule has 0 fully saturated rings. The summed E-state index contributed by atoms with van der Waals surface area (Å²) in [5, 5.41) is 8.79. The minimum absolute atomic E-state index is 0.213. The van der Waals surface area contributed by atoms with Crippen LogP contribution >= 0.6 is 11.6 Å². The molecule has 3 N–H and O–H groups in total. The molecule has 3 nitrogen and oxygen atoms in total. The summed E-state index contributed by atoms with van der Waals surface area (Å²) in [6.07, 6.45) is 7.44. The summed E-state index contributed by atoms with van der Waals surface area (Å²) in [7, 11) is 0. The van der Waals surface area contributed by atoms with Crippen LogP contribution in [0.25, 0.3) is 0 Å². The van der Waals surface area contributed by atoms with Crippen molar-refractivity contribution in [1.29, 1.82) is 0 Å². The normalized spacial score (nSPS) is 11.4. The topological polar surface area (TPSA) is 55.5 Å². The molecule has 0 radical (unpaired) electrons. The maximum atomic E-state index is 8.79. The first kappa shape index (κ1) is 13.3. The molecule has 0 rings (SSSR count). The van der Waals surface area contributed by atoms with Gasteiger partial charge < -0.3 is 15.6 Å². The molecule has 0 aromatic rings. The van der Waals surface area contributed by atoms with Gasteiger partial charge in [0.2, 0.25) is 0 Å². The fourth-order valence-corrected chi connectivity index (χ4v) is 0.436. The van der Waals surface area contributed by atoms with E-state index in [0.717, 1.165) is 0 Å². The minimum atomic E-state index is -0.557. The van der Waals surface area contributed by atoms with E-state index in [2.05, 4.69) is 12.8 Å². The Morgan fingerprint density at radius 1 is 1.55 bits per heavy atom. The highest BCUT2D eigenvalue weighted by molar-refractivity contribution is 6.18. The summed E-state index contributed by atoms with van der Waals surface area (Å²) < 4.78 is 4.88. The van der Waals surface area contributed by atoms with Crippen molar-refractivity contribution in [3.8, 4) is 12.8 Å². The molecule has 0 saturated carbocycles. The first-order valence-electron chi connectivity index (χ1n) is 3.16. The Morgan fingerprint density at radius 2 is 2.09 bits per heavy atom. The Balaban J connectivity index is 0. The number of hydrogen-bond donors (Lipinski definition) is 2. The van der Waals surface area contributed by atoms with E-state index in [-0.39, 0.29) is 12.5 Å². The Kier molecular flexibility index (Phi) is 15.0. The molecule has 0 bridgehead atoms. The second-order valence-corrected chi connectivity index (χ2v) is 1.98. The third-order valence-corrected chi connectivity index (χ3v) is 1.11. The summed E-state index contributed by atoms with van der Waals surface area (Å²) in [6, 6.07) is 0. The van der Waals surface area contributed by atoms with Crippen molar-refractivity contribution in [1.82, 2.24) is 0 Å². The van der Waals surface area contributed by atoms with Crippen LogP contribution in [0.5, 0.6) is 0 Å². The van der Waals surface area contributed by atoms with Gasteiger partial charge in [-0.25, -0.2) is 0 Å². The third-order valence-electron chi connectivity index (χ3n) is 0.751. The smallest absolute Gasteiger partial charge is 0.0908 e. The Bertz CT molecular complexity index is 87.8. The van der Waals surface area contributed by atoms with Crippen LogP contribution in [0.2, 0.25) is 0 Å². The third kappa shape index (κ3) is 12.8. The molecule has 0 saturated heterocycles. The van der Waals surface area contributed by atoms with Crippen molar-refractivity contribution in [2.45, 2.75) is 6.10 Å². The quantitative estimate of drug-likeness (QED) is 0.350. The monoisotopic (exact) mass is 179 g/mol. The molecule has 4 heteroatoms. The van der Waals surface area contributed by atoms with E-state index in [1.54, 1.807) is 0 Å². The van der Waals surface area contributed by atoms with Crippen LogP contribution in [-0.2, 0) is 4.74 Å². The summed E-state index contributed by atoms with van der Waals surface area (Å²) in [5.41, 5.74) is 5.12. The predicted octanol–water partition coefficient (Wildman–Crippen LogP) is -0.189. The zero-order chi connectivity index (χ0) is 9.11. The first-order valence-corrected chi connectivity index (χ1v) is 3.70. The lowest BCUT2D eigenvalue weighted by Gasteiger charge is -2.05. The number of halogens is 1. The van der Waals surface area contributed by atoms with E-state index >= 15 is 0 Å². The van der Waals surface area contributed by atoms with Gasteiger partial charge in [0, 0.05) is 6.54 Å². The van der Waals surface area contributed by atoms with Gasteiger partial charge in [-0.05, 0) is 0 Å². The fourth-order valence-electron chi connectivity index (χ4n) is 0.347. The molecule has 0 aromatic heterocycles. The molecular weight excluding hydrogens is 166 g/mol. The Morgan fingerprint density at radius 3 is 2.45 bits per heavy atom. The molecular formula is C7H14ClNO2. The summed E-state index contributed by atoms with van der Waals surface area (Å²) in [5.74, 6) is 0.213. The number of rotatable bonds is 5. The van der Waals surface area contributed by atoms with Crippen LogP contribution in [0.3, 0.4) is 0 Å². The van der Waals surface area contributed by atoms with Crippen molar-refractivity contribution in [3.05, 3.63) is 0 Å². The highest BCUT2D eigenvalue weighted by Crippen LogP contribution is 1.87. The molecule has 1 unspecified atom stereocenters. The van der Waals surface area contributed by atoms with Gasteiger partial charge in [-0.15, -0.1) is 24.4 Å². The standard InChI is InChI=1S/C5H12ClNO2.C2H2/c6-3-5(8)4-9-2-1-7;1-2/h5,8H,1-4,7H2;1-2H. The average Bonchev–Trinajstić information content (AvgIpc) is 2.08. The van der Waals surface area contributed by atoms with E-state index in [9.17, 15) is 0 Å². The average molecular weight is 180 g/mol. The van der Waals surface area contributed by atoms with Crippen LogP contribution in [0.15, 0.2) is 0 Å². The lowest BCUT2D eigenvalue weighted by Crippen LogP contribution is -2.19. The summed E-state index contributed by atoms with van der Waals surface area (Å²) in [6.45, 7) is 1.24. The zero-order valence-corrected chi connectivity index (χ0v) is 7.13. The van der Waals surface area contributed by atoms with Crippen molar-refractivity contribution in [2.24, 2.45) is 5.73 Å². The Hall–Kier alpha value is -0.270. The number of terminal acetylenes is 1. The molecule has 0 spiro atoms. The van der Waals surface area contributed by atoms with Crippen LogP contribution in [-0.4, -0.2) is 36.8 Å². The van der Waals surface area contributed by atoms with E-state index in [1.807, 2.05) is 0 Å². The molecule has 0 aromatic carbocycles. The van der Waals surface area contributed by atoms with Gasteiger partial charge in [-0.2, -0.15) is 0 Å². The van der Waals surface area contributed by atoms with E-state index in [4.69, 9.17) is 27.2 Å². The fraction of sp³-hybridized carbons (Fsp3) is 0.714. The van der Waals surface area contributed by atoms with E-state index in [1.165, 1.54) is 0 Å². The van der Waals surface area contributed by atoms with Crippen molar-refractivity contribution in [3.63, 3.8) is 0 Å². The van der Waals surface area contributed by atoms with Crippen LogP contribution in [0, 0.1) is 12.8 Å². The predicted molar refractivity (Wildman–Crippen MR) is 46.5 cm³/mol. The SMILES string of the molecule is C#C.NCCOCC(O)CCl. The van der Waals surface area contributed by atoms with E-state index < -0.39 is 6.10 Å². The van der Waals surface area contributed by atoms with Gasteiger partial charge in [0.1, 0.15) is 0 Å². The van der Waals surface area contributed by atoms with Crippen LogP contribution in [0.4, 0.5) is 0 Å². The first-order chi connectivity index (χ1) is 5.31. The van der Waals surface area contributed by atoms with E-state index in [0.29, 0.717) is 13.2 Å². The number of aliphatic hydroxyl groups excluding tert-OH is 1. The second-order valence-electron chi connectivity index (χ2n) is 1.67. The van der Waals surface area contributed by atoms with Gasteiger partial charge in [0.25, 0.3) is 0 Å². The summed E-state index contributed by atoms with van der Waals surface area (Å²) >= 11 is 5.27. The number of nitrogens with two attached hydrogens (primary N) is 1. The summed E-state index contributed by atoms with van der Waals surface area (Å²) in [4.78, 5) is 0. The maximum Gasteiger partial charge on any atom is 0.0908 e. The van der Waals surface area contributed by atoms with Gasteiger partial charge in [0.05, 0.1) is 25.2 Å². The molecule has 1 atom stereocenters. The number of aliphatic hydroxyl groups is 1. The van der Waals surface area contributed by atoms with Gasteiger partial charge >= 0.3 is 0 Å². The number of hydrogen-bond acceptors (Lipinski definition) is 3. The second kappa shape index (κ2) is 12.4. The van der Waals surface area contributed by atoms with Gasteiger partial charge in [0.15, 0.2) is 0 Å². The van der Waals surface area contributed by atoms with Crippen molar-refractivity contribution in [2.75, 3.05) is 25.6 Å². The van der Waals surface area contributed by atoms with Gasteiger partial charge in [-0.1, -0.05) is 0 Å². The number of ether oxygens (including phenoxy) is 1. The number of alkyl halides is 1.